The number of aromatic nitrogens is 3. The van der Waals surface area contributed by atoms with Crippen LogP contribution in [0.15, 0.2) is 33.9 Å². The van der Waals surface area contributed by atoms with E-state index in [0.717, 1.165) is 0 Å². The van der Waals surface area contributed by atoms with E-state index in [1.807, 2.05) is 20.8 Å². The summed E-state index contributed by atoms with van der Waals surface area (Å²) in [5.74, 6) is -1.04. The Bertz CT molecular complexity index is 1340. The first kappa shape index (κ1) is 25.0. The zero-order valence-electron chi connectivity index (χ0n) is 19.2. The number of nitrogens with one attached hydrogen (secondary N) is 2. The van der Waals surface area contributed by atoms with Gasteiger partial charge in [0.15, 0.2) is 12.3 Å². The highest BCUT2D eigenvalue weighted by molar-refractivity contribution is 6.12. The number of hydrogen-bond donors (Lipinski definition) is 2. The zero-order valence-corrected chi connectivity index (χ0v) is 19.2. The van der Waals surface area contributed by atoms with Crippen molar-refractivity contribution in [1.82, 2.24) is 14.5 Å². The van der Waals surface area contributed by atoms with Crippen molar-refractivity contribution in [2.45, 2.75) is 52.8 Å². The molecule has 1 aromatic carbocycles. The van der Waals surface area contributed by atoms with Crippen LogP contribution >= 0.6 is 0 Å². The largest absolute Gasteiger partial charge is 0.482 e. The number of amides is 1. The second-order valence-corrected chi connectivity index (χ2v) is 8.22. The summed E-state index contributed by atoms with van der Waals surface area (Å²) in [4.78, 5) is 45.1. The lowest BCUT2D eigenvalue weighted by Gasteiger charge is -2.17. The first-order valence-electron chi connectivity index (χ1n) is 10.7. The highest BCUT2D eigenvalue weighted by atomic mass is 19.4. The summed E-state index contributed by atoms with van der Waals surface area (Å²) < 4.78 is 44.3. The summed E-state index contributed by atoms with van der Waals surface area (Å²) in [6.45, 7) is 5.95. The van der Waals surface area contributed by atoms with Gasteiger partial charge in [-0.2, -0.15) is 13.2 Å². The molecule has 1 amide bonds. The number of anilines is 1. The number of aromatic amines is 1. The number of benzene rings is 1. The Morgan fingerprint density at radius 2 is 1.94 bits per heavy atom. The second kappa shape index (κ2) is 9.70. The number of carbonyl (C=O) groups is 1. The highest BCUT2D eigenvalue weighted by Crippen LogP contribution is 2.29. The fraction of sp³-hybridized carbons (Fsp3) is 0.391. The minimum atomic E-state index is -4.56. The lowest BCUT2D eigenvalue weighted by molar-refractivity contribution is -0.153. The van der Waals surface area contributed by atoms with Crippen LogP contribution in [0.5, 0.6) is 5.75 Å². The number of rotatable bonds is 7. The van der Waals surface area contributed by atoms with E-state index in [1.165, 1.54) is 22.8 Å². The van der Waals surface area contributed by atoms with E-state index < -0.39 is 29.9 Å². The molecule has 0 fully saturated rings. The zero-order chi connectivity index (χ0) is 25.2. The molecule has 0 aliphatic rings. The number of halogens is 3. The number of fused-ring (bicyclic) bond motifs is 1. The van der Waals surface area contributed by atoms with Gasteiger partial charge in [0.25, 0.3) is 11.5 Å². The fourth-order valence-corrected chi connectivity index (χ4v) is 3.40. The molecule has 182 valence electrons. The van der Waals surface area contributed by atoms with Gasteiger partial charge in [-0.05, 0) is 43.0 Å². The molecule has 0 bridgehead atoms. The molecule has 0 aliphatic carbocycles. The molecule has 0 atom stereocenters. The third kappa shape index (κ3) is 5.46. The number of pyridine rings is 1. The molecule has 3 aromatic rings. The quantitative estimate of drug-likeness (QED) is 0.531. The molecule has 0 radical (unpaired) electrons. The molecule has 34 heavy (non-hydrogen) atoms. The Balaban J connectivity index is 2.14. The smallest absolute Gasteiger partial charge is 0.422 e. The molecule has 0 aliphatic heterocycles. The monoisotopic (exact) mass is 478 g/mol. The molecular weight excluding hydrogens is 453 g/mol. The van der Waals surface area contributed by atoms with Crippen LogP contribution in [0.1, 0.15) is 54.7 Å². The number of alkyl halides is 3. The van der Waals surface area contributed by atoms with Gasteiger partial charge >= 0.3 is 11.9 Å². The standard InChI is InChI=1S/C23H25F3N4O4/c1-5-8-30-19-18(21(32)29-22(30)33)14(10-16(27-19)12(2)3)20(31)28-15-7-6-13(4)9-17(15)34-11-23(24,25)26/h6-7,9-10,12H,5,8,11H2,1-4H3,(H,28,31)(H,29,32,33). The van der Waals surface area contributed by atoms with E-state index >= 15 is 0 Å². The van der Waals surface area contributed by atoms with Crippen molar-refractivity contribution >= 4 is 22.6 Å². The van der Waals surface area contributed by atoms with Crippen LogP contribution in [0.4, 0.5) is 18.9 Å². The van der Waals surface area contributed by atoms with E-state index in [2.05, 4.69) is 15.3 Å². The number of H-pyrrole nitrogens is 1. The van der Waals surface area contributed by atoms with Crippen molar-refractivity contribution in [3.05, 3.63) is 61.9 Å². The van der Waals surface area contributed by atoms with Crippen LogP contribution in [0.25, 0.3) is 11.0 Å². The van der Waals surface area contributed by atoms with Crippen LogP contribution in [0, 0.1) is 6.92 Å². The Labute approximate surface area is 192 Å². The van der Waals surface area contributed by atoms with Gasteiger partial charge in [-0.3, -0.25) is 19.1 Å². The topological polar surface area (TPSA) is 106 Å². The molecule has 2 N–H and O–H groups in total. The van der Waals surface area contributed by atoms with Gasteiger partial charge < -0.3 is 10.1 Å². The van der Waals surface area contributed by atoms with Crippen LogP contribution in [-0.2, 0) is 6.54 Å². The van der Waals surface area contributed by atoms with Gasteiger partial charge in [0.05, 0.1) is 16.6 Å². The second-order valence-electron chi connectivity index (χ2n) is 8.22. The molecule has 11 heteroatoms. The SMILES string of the molecule is CCCn1c(=O)[nH]c(=O)c2c(C(=O)Nc3ccc(C)cc3OCC(F)(F)F)cc(C(C)C)nc21. The van der Waals surface area contributed by atoms with E-state index in [9.17, 15) is 27.6 Å². The maximum Gasteiger partial charge on any atom is 0.422 e. The van der Waals surface area contributed by atoms with Crippen LogP contribution < -0.4 is 21.3 Å². The van der Waals surface area contributed by atoms with Crippen molar-refractivity contribution in [3.8, 4) is 5.75 Å². The maximum atomic E-state index is 13.3. The predicted molar refractivity (Wildman–Crippen MR) is 122 cm³/mol. The van der Waals surface area contributed by atoms with Crippen LogP contribution in [0.3, 0.4) is 0 Å². The molecule has 0 unspecified atom stereocenters. The van der Waals surface area contributed by atoms with E-state index in [-0.39, 0.29) is 40.5 Å². The van der Waals surface area contributed by atoms with Crippen molar-refractivity contribution in [2.24, 2.45) is 0 Å². The molecule has 3 rings (SSSR count). The molecular formula is C23H25F3N4O4. The minimum absolute atomic E-state index is 0.00853. The molecule has 8 nitrogen and oxygen atoms in total. The van der Waals surface area contributed by atoms with E-state index in [1.54, 1.807) is 13.0 Å². The lowest BCUT2D eigenvalue weighted by atomic mass is 10.0. The number of ether oxygens (including phenoxy) is 1. The van der Waals surface area contributed by atoms with Gasteiger partial charge in [0.1, 0.15) is 5.75 Å². The molecule has 0 saturated carbocycles. The average molecular weight is 478 g/mol. The Morgan fingerprint density at radius 3 is 2.56 bits per heavy atom. The van der Waals surface area contributed by atoms with Gasteiger partial charge in [0, 0.05) is 12.2 Å². The van der Waals surface area contributed by atoms with Gasteiger partial charge in [0.2, 0.25) is 0 Å². The Morgan fingerprint density at radius 1 is 1.24 bits per heavy atom. The average Bonchev–Trinajstić information content (AvgIpc) is 2.75. The summed E-state index contributed by atoms with van der Waals surface area (Å²) in [6.07, 6.45) is -3.98. The summed E-state index contributed by atoms with van der Waals surface area (Å²) >= 11 is 0. The minimum Gasteiger partial charge on any atom is -0.482 e. The van der Waals surface area contributed by atoms with Gasteiger partial charge in [-0.1, -0.05) is 26.8 Å². The van der Waals surface area contributed by atoms with Gasteiger partial charge in [-0.25, -0.2) is 9.78 Å². The highest BCUT2D eigenvalue weighted by Gasteiger charge is 2.29. The summed E-state index contributed by atoms with van der Waals surface area (Å²) in [5, 5.41) is 2.46. The Hall–Kier alpha value is -3.63. The third-order valence-corrected chi connectivity index (χ3v) is 5.03. The first-order valence-corrected chi connectivity index (χ1v) is 10.7. The number of carbonyl (C=O) groups excluding carboxylic acids is 1. The molecule has 0 saturated heterocycles. The number of hydrogen-bond acceptors (Lipinski definition) is 5. The van der Waals surface area contributed by atoms with Crippen molar-refractivity contribution < 1.29 is 22.7 Å². The van der Waals surface area contributed by atoms with Crippen molar-refractivity contribution in [1.29, 1.82) is 0 Å². The number of nitrogens with zero attached hydrogens (tertiary/aromatic N) is 2. The van der Waals surface area contributed by atoms with E-state index in [4.69, 9.17) is 4.74 Å². The molecule has 0 spiro atoms. The fourth-order valence-electron chi connectivity index (χ4n) is 3.40. The summed E-state index contributed by atoms with van der Waals surface area (Å²) in [7, 11) is 0. The lowest BCUT2D eigenvalue weighted by Crippen LogP contribution is -2.32. The third-order valence-electron chi connectivity index (χ3n) is 5.03. The molecule has 2 aromatic heterocycles. The van der Waals surface area contributed by atoms with Crippen LogP contribution in [-0.4, -0.2) is 33.2 Å². The van der Waals surface area contributed by atoms with Gasteiger partial charge in [-0.15, -0.1) is 0 Å². The maximum absolute atomic E-state index is 13.3. The first-order chi connectivity index (χ1) is 15.9. The predicted octanol–water partition coefficient (Wildman–Crippen LogP) is 4.12. The summed E-state index contributed by atoms with van der Waals surface area (Å²) in [5.41, 5.74) is -0.282. The van der Waals surface area contributed by atoms with Crippen molar-refractivity contribution in [2.75, 3.05) is 11.9 Å². The number of aryl methyl sites for hydroxylation is 2. The van der Waals surface area contributed by atoms with Crippen molar-refractivity contribution in [3.63, 3.8) is 0 Å². The molecule has 2 heterocycles. The van der Waals surface area contributed by atoms with Crippen LogP contribution in [0.2, 0.25) is 0 Å². The Kier molecular flexibility index (Phi) is 7.13. The summed E-state index contributed by atoms with van der Waals surface area (Å²) in [6, 6.07) is 5.84. The van der Waals surface area contributed by atoms with E-state index in [0.29, 0.717) is 17.7 Å². The normalized spacial score (nSPS) is 11.8.